The van der Waals surface area contributed by atoms with Crippen LogP contribution >= 0.6 is 27.7 Å². The molecule has 0 N–H and O–H groups in total. The molecule has 1 spiro atoms. The molecule has 114 valence electrons. The number of carbonyl (C=O) groups is 1. The number of ketones is 1. The van der Waals surface area contributed by atoms with E-state index in [9.17, 15) is 13.6 Å². The van der Waals surface area contributed by atoms with Gasteiger partial charge in [0.25, 0.3) is 0 Å². The molecule has 0 saturated carbocycles. The van der Waals surface area contributed by atoms with E-state index in [1.54, 1.807) is 11.8 Å². The number of Topliss-reactive ketones (excluding diaryl/α,β-unsaturated/α-hetero) is 1. The summed E-state index contributed by atoms with van der Waals surface area (Å²) in [5.41, 5.74) is -0.683. The molecule has 0 aliphatic carbocycles. The van der Waals surface area contributed by atoms with Crippen molar-refractivity contribution in [2.75, 3.05) is 18.1 Å². The van der Waals surface area contributed by atoms with Crippen LogP contribution in [0, 0.1) is 17.6 Å². The Labute approximate surface area is 134 Å². The lowest BCUT2D eigenvalue weighted by atomic mass is 9.81. The minimum Gasteiger partial charge on any atom is -0.374 e. The Kier molecular flexibility index (Phi) is 4.39. The fourth-order valence-electron chi connectivity index (χ4n) is 3.10. The van der Waals surface area contributed by atoms with E-state index in [0.717, 1.165) is 30.1 Å². The molecule has 2 aliphatic heterocycles. The van der Waals surface area contributed by atoms with Gasteiger partial charge in [-0.1, -0.05) is 15.9 Å². The second-order valence-corrected chi connectivity index (χ2v) is 7.65. The fraction of sp³-hybridized carbons (Fsp3) is 0.533. The lowest BCUT2D eigenvalue weighted by Crippen LogP contribution is -2.42. The van der Waals surface area contributed by atoms with Gasteiger partial charge in [0.1, 0.15) is 11.6 Å². The van der Waals surface area contributed by atoms with Gasteiger partial charge < -0.3 is 4.74 Å². The van der Waals surface area contributed by atoms with Gasteiger partial charge in [-0.2, -0.15) is 11.8 Å². The normalized spacial score (nSPS) is 29.0. The number of carbonyl (C=O) groups excluding carboxylic acids is 1. The van der Waals surface area contributed by atoms with Crippen molar-refractivity contribution >= 4 is 33.5 Å². The summed E-state index contributed by atoms with van der Waals surface area (Å²) >= 11 is 4.83. The number of halogens is 3. The molecule has 0 radical (unpaired) electrons. The predicted octanol–water partition coefficient (Wildman–Crippen LogP) is 4.21. The topological polar surface area (TPSA) is 26.3 Å². The average Bonchev–Trinajstić information content (AvgIpc) is 2.85. The van der Waals surface area contributed by atoms with Crippen LogP contribution in [-0.4, -0.2) is 29.5 Å². The fourth-order valence-corrected chi connectivity index (χ4v) is 4.88. The number of hydrogen-bond acceptors (Lipinski definition) is 3. The van der Waals surface area contributed by atoms with E-state index >= 15 is 0 Å². The van der Waals surface area contributed by atoms with Crippen molar-refractivity contribution in [3.05, 3.63) is 33.8 Å². The van der Waals surface area contributed by atoms with Crippen molar-refractivity contribution in [3.63, 3.8) is 0 Å². The van der Waals surface area contributed by atoms with Gasteiger partial charge >= 0.3 is 0 Å². The highest BCUT2D eigenvalue weighted by molar-refractivity contribution is 9.10. The SMILES string of the molecule is O=C(c1c(F)cc(Br)cc1F)C1CCOC2(CCSC2)C1. The molecule has 0 amide bonds. The number of hydrogen-bond donors (Lipinski definition) is 0. The third kappa shape index (κ3) is 3.03. The quantitative estimate of drug-likeness (QED) is 0.723. The van der Waals surface area contributed by atoms with E-state index in [1.807, 2.05) is 0 Å². The molecule has 2 aliphatic rings. The standard InChI is InChI=1S/C15H15BrF2O2S/c16-10-5-11(17)13(12(18)6-10)14(19)9-1-3-20-15(7-9)2-4-21-8-15/h5-6,9H,1-4,7-8H2. The predicted molar refractivity (Wildman–Crippen MR) is 81.7 cm³/mol. The van der Waals surface area contributed by atoms with Crippen molar-refractivity contribution in [3.8, 4) is 0 Å². The molecule has 6 heteroatoms. The zero-order valence-corrected chi connectivity index (χ0v) is 13.7. The van der Waals surface area contributed by atoms with Crippen LogP contribution in [0.5, 0.6) is 0 Å². The Morgan fingerprint density at radius 2 is 2.10 bits per heavy atom. The number of benzene rings is 1. The molecule has 0 bridgehead atoms. The second-order valence-electron chi connectivity index (χ2n) is 5.63. The second kappa shape index (κ2) is 5.97. The van der Waals surface area contributed by atoms with Crippen LogP contribution in [0.1, 0.15) is 29.6 Å². The van der Waals surface area contributed by atoms with Gasteiger partial charge in [0.15, 0.2) is 5.78 Å². The largest absolute Gasteiger partial charge is 0.374 e. The van der Waals surface area contributed by atoms with E-state index in [1.165, 1.54) is 0 Å². The minimum absolute atomic E-state index is 0.272. The van der Waals surface area contributed by atoms with Gasteiger partial charge in [-0.3, -0.25) is 4.79 Å². The first-order valence-corrected chi connectivity index (χ1v) is 8.86. The average molecular weight is 377 g/mol. The maximum Gasteiger partial charge on any atom is 0.172 e. The van der Waals surface area contributed by atoms with E-state index in [0.29, 0.717) is 23.9 Å². The number of rotatable bonds is 2. The monoisotopic (exact) mass is 376 g/mol. The molecule has 21 heavy (non-hydrogen) atoms. The van der Waals surface area contributed by atoms with Crippen molar-refractivity contribution in [2.45, 2.75) is 24.9 Å². The van der Waals surface area contributed by atoms with Crippen LogP contribution in [0.15, 0.2) is 16.6 Å². The molecule has 2 heterocycles. The van der Waals surface area contributed by atoms with Gasteiger partial charge in [0, 0.05) is 22.8 Å². The van der Waals surface area contributed by atoms with Gasteiger partial charge in [-0.25, -0.2) is 8.78 Å². The Bertz CT molecular complexity index is 550. The molecule has 1 aromatic carbocycles. The van der Waals surface area contributed by atoms with Crippen molar-refractivity contribution in [2.24, 2.45) is 5.92 Å². The summed E-state index contributed by atoms with van der Waals surface area (Å²) < 4.78 is 34.1. The Balaban J connectivity index is 1.85. The van der Waals surface area contributed by atoms with Gasteiger partial charge in [-0.05, 0) is 37.1 Å². The first-order valence-electron chi connectivity index (χ1n) is 6.91. The van der Waals surface area contributed by atoms with Gasteiger partial charge in [0.05, 0.1) is 11.2 Å². The summed E-state index contributed by atoms with van der Waals surface area (Å²) in [5, 5.41) is 0. The van der Waals surface area contributed by atoms with Crippen LogP contribution in [0.4, 0.5) is 8.78 Å². The number of ether oxygens (including phenoxy) is 1. The summed E-state index contributed by atoms with van der Waals surface area (Å²) in [4.78, 5) is 12.5. The molecular weight excluding hydrogens is 362 g/mol. The molecule has 2 nitrogen and oxygen atoms in total. The molecule has 0 aromatic heterocycles. The first-order chi connectivity index (χ1) is 10.0. The molecule has 1 aromatic rings. The van der Waals surface area contributed by atoms with Crippen LogP contribution < -0.4 is 0 Å². The van der Waals surface area contributed by atoms with Crippen LogP contribution in [0.25, 0.3) is 0 Å². The zero-order valence-electron chi connectivity index (χ0n) is 11.3. The maximum absolute atomic E-state index is 14.0. The van der Waals surface area contributed by atoms with Gasteiger partial charge in [0.2, 0.25) is 0 Å². The molecule has 2 saturated heterocycles. The summed E-state index contributed by atoms with van der Waals surface area (Å²) in [5.74, 6) is -0.509. The van der Waals surface area contributed by atoms with Crippen LogP contribution in [0.3, 0.4) is 0 Å². The van der Waals surface area contributed by atoms with E-state index in [4.69, 9.17) is 4.74 Å². The van der Waals surface area contributed by atoms with E-state index in [-0.39, 0.29) is 11.5 Å². The molecule has 2 fully saturated rings. The highest BCUT2D eigenvalue weighted by Gasteiger charge is 2.43. The highest BCUT2D eigenvalue weighted by atomic mass is 79.9. The van der Waals surface area contributed by atoms with Crippen LogP contribution in [-0.2, 0) is 4.74 Å². The molecule has 2 atom stereocenters. The summed E-state index contributed by atoms with van der Waals surface area (Å²) in [7, 11) is 0. The van der Waals surface area contributed by atoms with Crippen molar-refractivity contribution in [1.29, 1.82) is 0 Å². The van der Waals surface area contributed by atoms with E-state index in [2.05, 4.69) is 15.9 Å². The molecular formula is C15H15BrF2O2S. The minimum atomic E-state index is -0.798. The summed E-state index contributed by atoms with van der Waals surface area (Å²) in [6, 6.07) is 2.27. The smallest absolute Gasteiger partial charge is 0.172 e. The Morgan fingerprint density at radius 1 is 1.38 bits per heavy atom. The number of thioether (sulfide) groups is 1. The Hall–Kier alpha value is -0.460. The van der Waals surface area contributed by atoms with Crippen molar-refractivity contribution in [1.82, 2.24) is 0 Å². The lowest BCUT2D eigenvalue weighted by molar-refractivity contribution is -0.0735. The molecule has 3 rings (SSSR count). The third-order valence-electron chi connectivity index (χ3n) is 4.18. The maximum atomic E-state index is 14.0. The zero-order chi connectivity index (χ0) is 15.0. The van der Waals surface area contributed by atoms with E-state index < -0.39 is 23.0 Å². The third-order valence-corrected chi connectivity index (χ3v) is 5.87. The molecule has 2 unspecified atom stereocenters. The first kappa shape index (κ1) is 15.4. The lowest BCUT2D eigenvalue weighted by Gasteiger charge is -2.37. The Morgan fingerprint density at radius 3 is 2.71 bits per heavy atom. The van der Waals surface area contributed by atoms with Crippen molar-refractivity contribution < 1.29 is 18.3 Å². The summed E-state index contributed by atoms with van der Waals surface area (Å²) in [6.45, 7) is 0.483. The van der Waals surface area contributed by atoms with Crippen LogP contribution in [0.2, 0.25) is 0 Å². The highest BCUT2D eigenvalue weighted by Crippen LogP contribution is 2.41. The van der Waals surface area contributed by atoms with Gasteiger partial charge in [-0.15, -0.1) is 0 Å². The summed E-state index contributed by atoms with van der Waals surface area (Å²) in [6.07, 6.45) is 2.00.